The zero-order valence-electron chi connectivity index (χ0n) is 8.84. The zero-order valence-corrected chi connectivity index (χ0v) is 8.84. The zero-order chi connectivity index (χ0) is 11.4. The van der Waals surface area contributed by atoms with E-state index in [2.05, 4.69) is 0 Å². The number of likely N-dealkylation sites (N-methyl/N-ethyl adjacent to an activating group) is 1. The van der Waals surface area contributed by atoms with E-state index in [4.69, 9.17) is 10.0 Å². The van der Waals surface area contributed by atoms with Gasteiger partial charge in [-0.15, -0.1) is 0 Å². The molecule has 0 aliphatic carbocycles. The second-order valence-corrected chi connectivity index (χ2v) is 3.62. The van der Waals surface area contributed by atoms with Crippen molar-refractivity contribution in [3.63, 3.8) is 0 Å². The number of carbonyl (C=O) groups is 1. The van der Waals surface area contributed by atoms with Crippen LogP contribution in [0.4, 0.5) is 0 Å². The average Bonchev–Trinajstić information content (AvgIpc) is 2.16. The first-order valence-electron chi connectivity index (χ1n) is 4.65. The molecule has 0 heterocycles. The van der Waals surface area contributed by atoms with Crippen LogP contribution in [0.3, 0.4) is 0 Å². The topological polar surface area (TPSA) is 60.8 Å². The fraction of sp³-hybridized carbons (Fsp3) is 0.300. The van der Waals surface area contributed by atoms with Crippen molar-refractivity contribution in [1.82, 2.24) is 4.90 Å². The molecule has 5 heteroatoms. The lowest BCUT2D eigenvalue weighted by molar-refractivity contribution is 0.0958. The van der Waals surface area contributed by atoms with Crippen LogP contribution in [0.1, 0.15) is 10.4 Å². The highest BCUT2D eigenvalue weighted by molar-refractivity contribution is 6.60. The normalized spacial score (nSPS) is 10.5. The van der Waals surface area contributed by atoms with E-state index in [0.717, 1.165) is 0 Å². The number of hydrogen-bond donors (Lipinski definition) is 2. The van der Waals surface area contributed by atoms with Crippen LogP contribution in [0.15, 0.2) is 24.3 Å². The molecule has 0 spiro atoms. The van der Waals surface area contributed by atoms with Gasteiger partial charge in [-0.25, -0.2) is 0 Å². The van der Waals surface area contributed by atoms with Crippen molar-refractivity contribution in [2.24, 2.45) is 0 Å². The van der Waals surface area contributed by atoms with Gasteiger partial charge in [0, 0.05) is 5.56 Å². The van der Waals surface area contributed by atoms with Gasteiger partial charge in [-0.3, -0.25) is 4.79 Å². The van der Waals surface area contributed by atoms with Gasteiger partial charge in [-0.1, -0.05) is 24.3 Å². The van der Waals surface area contributed by atoms with E-state index in [9.17, 15) is 4.79 Å². The highest BCUT2D eigenvalue weighted by Crippen LogP contribution is 1.99. The van der Waals surface area contributed by atoms with E-state index in [0.29, 0.717) is 5.56 Å². The number of hydrogen-bond acceptors (Lipinski definition) is 4. The summed E-state index contributed by atoms with van der Waals surface area (Å²) < 4.78 is 0. The van der Waals surface area contributed by atoms with E-state index >= 15 is 0 Å². The van der Waals surface area contributed by atoms with Crippen molar-refractivity contribution in [2.45, 2.75) is 0 Å². The Labute approximate surface area is 89.3 Å². The molecular weight excluding hydrogens is 193 g/mol. The molecule has 0 bridgehead atoms. The summed E-state index contributed by atoms with van der Waals surface area (Å²) in [4.78, 5) is 13.5. The molecule has 1 aromatic carbocycles. The molecular formula is C10H14BNO3. The molecule has 1 aromatic rings. The summed E-state index contributed by atoms with van der Waals surface area (Å²) in [7, 11) is 1.97. The first-order valence-corrected chi connectivity index (χ1v) is 4.65. The molecule has 0 aliphatic rings. The lowest BCUT2D eigenvalue weighted by Gasteiger charge is -2.11. The monoisotopic (exact) mass is 207 g/mol. The van der Waals surface area contributed by atoms with Gasteiger partial charge in [-0.05, 0) is 19.6 Å². The van der Waals surface area contributed by atoms with Crippen molar-refractivity contribution in [3.05, 3.63) is 29.8 Å². The average molecular weight is 207 g/mol. The van der Waals surface area contributed by atoms with Crippen LogP contribution in [0, 0.1) is 0 Å². The molecule has 0 aromatic heterocycles. The Morgan fingerprint density at radius 2 is 1.93 bits per heavy atom. The highest BCUT2D eigenvalue weighted by atomic mass is 16.4. The number of rotatable bonds is 4. The maximum atomic E-state index is 11.7. The number of Topliss-reactive ketones (excluding diaryl/α,β-unsaturated/α-hetero) is 1. The molecule has 0 atom stereocenters. The third-order valence-corrected chi connectivity index (χ3v) is 2.00. The summed E-state index contributed by atoms with van der Waals surface area (Å²) >= 11 is 0. The molecule has 0 unspecified atom stereocenters. The predicted octanol–water partition coefficient (Wildman–Crippen LogP) is -0.889. The molecule has 2 N–H and O–H groups in total. The lowest BCUT2D eigenvalue weighted by Crippen LogP contribution is -2.36. The summed E-state index contributed by atoms with van der Waals surface area (Å²) in [6, 6.07) is 6.50. The number of carbonyl (C=O) groups excluding carboxylic acids is 1. The number of ketones is 1. The van der Waals surface area contributed by atoms with Gasteiger partial charge in [0.25, 0.3) is 0 Å². The van der Waals surface area contributed by atoms with E-state index in [1.807, 2.05) is 0 Å². The molecule has 0 amide bonds. The van der Waals surface area contributed by atoms with Crippen LogP contribution >= 0.6 is 0 Å². The minimum atomic E-state index is -1.60. The van der Waals surface area contributed by atoms with E-state index in [1.54, 1.807) is 37.2 Å². The number of benzene rings is 1. The van der Waals surface area contributed by atoms with Crippen LogP contribution in [0.2, 0.25) is 0 Å². The Kier molecular flexibility index (Phi) is 4.02. The first-order chi connectivity index (χ1) is 7.02. The van der Waals surface area contributed by atoms with Gasteiger partial charge in [-0.2, -0.15) is 0 Å². The molecule has 4 nitrogen and oxygen atoms in total. The second kappa shape index (κ2) is 5.07. The van der Waals surface area contributed by atoms with E-state index < -0.39 is 7.12 Å². The van der Waals surface area contributed by atoms with Gasteiger partial charge >= 0.3 is 7.12 Å². The van der Waals surface area contributed by atoms with Crippen LogP contribution in [-0.2, 0) is 0 Å². The Hall–Kier alpha value is -1.17. The van der Waals surface area contributed by atoms with E-state index in [-0.39, 0.29) is 17.8 Å². The van der Waals surface area contributed by atoms with Gasteiger partial charge in [0.05, 0.1) is 6.54 Å². The third kappa shape index (κ3) is 3.16. The minimum Gasteiger partial charge on any atom is -0.423 e. The predicted molar refractivity (Wildman–Crippen MR) is 59.2 cm³/mol. The Morgan fingerprint density at radius 3 is 2.47 bits per heavy atom. The van der Waals surface area contributed by atoms with Crippen LogP contribution < -0.4 is 5.46 Å². The minimum absolute atomic E-state index is 0.122. The maximum absolute atomic E-state index is 11.7. The van der Waals surface area contributed by atoms with Gasteiger partial charge in [0.1, 0.15) is 0 Å². The first kappa shape index (κ1) is 11.9. The molecule has 0 aliphatic heterocycles. The molecule has 0 radical (unpaired) electrons. The SMILES string of the molecule is CN(C)CC(=O)c1ccccc1B(O)O. The van der Waals surface area contributed by atoms with Gasteiger partial charge < -0.3 is 14.9 Å². The standard InChI is InChI=1S/C10H14BNO3/c1-12(2)7-10(13)8-5-3-4-6-9(8)11(14)15/h3-6,14-15H,7H2,1-2H3. The van der Waals surface area contributed by atoms with Crippen LogP contribution in [0.5, 0.6) is 0 Å². The third-order valence-electron chi connectivity index (χ3n) is 2.00. The fourth-order valence-corrected chi connectivity index (χ4v) is 1.35. The Balaban J connectivity index is 2.97. The Bertz CT molecular complexity index is 352. The summed E-state index contributed by atoms with van der Waals surface area (Å²) in [5.74, 6) is -0.122. The van der Waals surface area contributed by atoms with Crippen LogP contribution in [0.25, 0.3) is 0 Å². The molecule has 1 rings (SSSR count). The fourth-order valence-electron chi connectivity index (χ4n) is 1.35. The van der Waals surface area contributed by atoms with Crippen molar-refractivity contribution < 1.29 is 14.8 Å². The van der Waals surface area contributed by atoms with Crippen molar-refractivity contribution >= 4 is 18.4 Å². The molecule has 80 valence electrons. The summed E-state index contributed by atoms with van der Waals surface area (Å²) in [6.45, 7) is 0.254. The largest absolute Gasteiger partial charge is 0.489 e. The van der Waals surface area contributed by atoms with Crippen molar-refractivity contribution in [3.8, 4) is 0 Å². The highest BCUT2D eigenvalue weighted by Gasteiger charge is 2.19. The van der Waals surface area contributed by atoms with Crippen LogP contribution in [-0.4, -0.2) is 48.5 Å². The molecule has 0 saturated carbocycles. The van der Waals surface area contributed by atoms with E-state index in [1.165, 1.54) is 6.07 Å². The summed E-state index contributed by atoms with van der Waals surface area (Å²) in [5.41, 5.74) is 0.616. The number of nitrogens with zero attached hydrogens (tertiary/aromatic N) is 1. The van der Waals surface area contributed by atoms with Gasteiger partial charge in [0.15, 0.2) is 5.78 Å². The van der Waals surface area contributed by atoms with Gasteiger partial charge in [0.2, 0.25) is 0 Å². The smallest absolute Gasteiger partial charge is 0.423 e. The van der Waals surface area contributed by atoms with Crippen molar-refractivity contribution in [2.75, 3.05) is 20.6 Å². The summed E-state index contributed by atoms with van der Waals surface area (Å²) in [5, 5.41) is 18.2. The van der Waals surface area contributed by atoms with Crippen molar-refractivity contribution in [1.29, 1.82) is 0 Å². The molecule has 0 saturated heterocycles. The quantitative estimate of drug-likeness (QED) is 0.496. The summed E-state index contributed by atoms with van der Waals surface area (Å²) in [6.07, 6.45) is 0. The Morgan fingerprint density at radius 1 is 1.33 bits per heavy atom. The lowest BCUT2D eigenvalue weighted by atomic mass is 9.76. The molecule has 15 heavy (non-hydrogen) atoms. The second-order valence-electron chi connectivity index (χ2n) is 3.62. The molecule has 0 fully saturated rings. The maximum Gasteiger partial charge on any atom is 0.489 e.